The maximum absolute atomic E-state index is 13.0. The molecule has 166 valence electrons. The molecule has 3 aromatic rings. The summed E-state index contributed by atoms with van der Waals surface area (Å²) in [4.78, 5) is 32.5. The summed E-state index contributed by atoms with van der Waals surface area (Å²) >= 11 is 0. The van der Waals surface area contributed by atoms with Crippen molar-refractivity contribution in [3.05, 3.63) is 61.1 Å². The molecule has 32 heavy (non-hydrogen) atoms. The fraction of sp³-hybridized carbons (Fsp3) is 0.261. The normalized spacial score (nSPS) is 14.2. The van der Waals surface area contributed by atoms with E-state index < -0.39 is 6.03 Å². The van der Waals surface area contributed by atoms with Crippen LogP contribution in [0.3, 0.4) is 0 Å². The van der Waals surface area contributed by atoms with Crippen LogP contribution in [-0.2, 0) is 0 Å². The summed E-state index contributed by atoms with van der Waals surface area (Å²) < 4.78 is 1.48. The molecule has 1 fully saturated rings. The van der Waals surface area contributed by atoms with E-state index in [2.05, 4.69) is 15.2 Å². The van der Waals surface area contributed by atoms with Gasteiger partial charge >= 0.3 is 12.1 Å². The first-order valence-electron chi connectivity index (χ1n) is 10.4. The van der Waals surface area contributed by atoms with Crippen LogP contribution in [0.1, 0.15) is 12.8 Å². The number of aromatic nitrogens is 2. The first-order valence-corrected chi connectivity index (χ1v) is 10.4. The van der Waals surface area contributed by atoms with Gasteiger partial charge in [-0.3, -0.25) is 4.57 Å². The minimum Gasteiger partial charge on any atom is -0.508 e. The molecule has 1 aromatic heterocycles. The van der Waals surface area contributed by atoms with Crippen LogP contribution in [0.4, 0.5) is 21.0 Å². The van der Waals surface area contributed by atoms with Crippen LogP contribution in [0.25, 0.3) is 11.3 Å². The number of hydrogen-bond donors (Lipinski definition) is 3. The van der Waals surface area contributed by atoms with Crippen molar-refractivity contribution in [1.82, 2.24) is 14.5 Å². The van der Waals surface area contributed by atoms with Crippen molar-refractivity contribution >= 4 is 23.4 Å². The van der Waals surface area contributed by atoms with Crippen LogP contribution >= 0.6 is 0 Å². The van der Waals surface area contributed by atoms with Crippen LogP contribution < -0.4 is 16.0 Å². The van der Waals surface area contributed by atoms with E-state index in [0.29, 0.717) is 11.4 Å². The number of nitrogens with one attached hydrogen (secondary N) is 1. The largest absolute Gasteiger partial charge is 0.508 e. The van der Waals surface area contributed by atoms with Crippen LogP contribution in [0.5, 0.6) is 5.75 Å². The lowest BCUT2D eigenvalue weighted by Crippen LogP contribution is -2.46. The minimum absolute atomic E-state index is 0.129. The van der Waals surface area contributed by atoms with E-state index in [9.17, 15) is 14.7 Å². The van der Waals surface area contributed by atoms with Crippen molar-refractivity contribution in [2.75, 3.05) is 30.4 Å². The lowest BCUT2D eigenvalue weighted by Gasteiger charge is -2.37. The molecule has 2 aromatic carbocycles. The quantitative estimate of drug-likeness (QED) is 0.582. The Bertz CT molecular complexity index is 1100. The molecule has 1 saturated heterocycles. The summed E-state index contributed by atoms with van der Waals surface area (Å²) in [6.45, 7) is 1.67. The smallest absolute Gasteiger partial charge is 0.329 e. The van der Waals surface area contributed by atoms with Gasteiger partial charge in [0.2, 0.25) is 0 Å². The van der Waals surface area contributed by atoms with Gasteiger partial charge in [0.05, 0.1) is 5.69 Å². The molecular formula is C23H26N6O3. The number of phenols is 1. The Morgan fingerprint density at radius 2 is 1.88 bits per heavy atom. The van der Waals surface area contributed by atoms with Gasteiger partial charge in [0.1, 0.15) is 12.1 Å². The number of benzene rings is 2. The Balaban J connectivity index is 1.39. The van der Waals surface area contributed by atoms with E-state index in [0.717, 1.165) is 37.2 Å². The molecule has 9 heteroatoms. The number of phenolic OH excluding ortho intramolecular Hbond substituents is 1. The van der Waals surface area contributed by atoms with E-state index in [1.807, 2.05) is 25.2 Å². The molecule has 4 N–H and O–H groups in total. The van der Waals surface area contributed by atoms with Gasteiger partial charge in [-0.2, -0.15) is 0 Å². The molecule has 0 aliphatic carbocycles. The van der Waals surface area contributed by atoms with Crippen molar-refractivity contribution in [3.63, 3.8) is 0 Å². The molecule has 0 bridgehead atoms. The van der Waals surface area contributed by atoms with Crippen molar-refractivity contribution in [1.29, 1.82) is 0 Å². The number of carbonyl (C=O) groups excluding carboxylic acids is 2. The summed E-state index contributed by atoms with van der Waals surface area (Å²) in [5, 5.41) is 12.0. The number of carbonyl (C=O) groups is 2. The molecule has 9 nitrogen and oxygen atoms in total. The fourth-order valence-electron chi connectivity index (χ4n) is 3.99. The summed E-state index contributed by atoms with van der Waals surface area (Å²) in [6, 6.07) is 13.7. The van der Waals surface area contributed by atoms with E-state index >= 15 is 0 Å². The SMILES string of the molecule is CN(C(=O)n1cnc(-c2cccc(NC(N)=O)c2)c1)C1CCN(c2ccc(O)cc2)CC1. The third kappa shape index (κ3) is 4.66. The van der Waals surface area contributed by atoms with Crippen LogP contribution in [-0.4, -0.2) is 57.8 Å². The van der Waals surface area contributed by atoms with Gasteiger partial charge in [0, 0.05) is 49.3 Å². The zero-order valence-electron chi connectivity index (χ0n) is 17.8. The highest BCUT2D eigenvalue weighted by atomic mass is 16.3. The number of primary amides is 1. The highest BCUT2D eigenvalue weighted by molar-refractivity contribution is 5.88. The summed E-state index contributed by atoms with van der Waals surface area (Å²) in [6.07, 6.45) is 4.90. The average Bonchev–Trinajstić information content (AvgIpc) is 3.29. The third-order valence-electron chi connectivity index (χ3n) is 5.76. The average molecular weight is 435 g/mol. The third-order valence-corrected chi connectivity index (χ3v) is 5.76. The predicted molar refractivity (Wildman–Crippen MR) is 123 cm³/mol. The summed E-state index contributed by atoms with van der Waals surface area (Å²) in [7, 11) is 1.82. The molecule has 3 amide bonds. The van der Waals surface area contributed by atoms with Gasteiger partial charge < -0.3 is 26.0 Å². The number of nitrogens with zero attached hydrogens (tertiary/aromatic N) is 4. The molecule has 1 aliphatic heterocycles. The Morgan fingerprint density at radius 3 is 2.56 bits per heavy atom. The number of hydrogen-bond acceptors (Lipinski definition) is 5. The number of rotatable bonds is 4. The number of urea groups is 1. The summed E-state index contributed by atoms with van der Waals surface area (Å²) in [5.74, 6) is 0.254. The second-order valence-corrected chi connectivity index (χ2v) is 7.86. The number of aromatic hydroxyl groups is 1. The fourth-order valence-corrected chi connectivity index (χ4v) is 3.99. The summed E-state index contributed by atoms with van der Waals surface area (Å²) in [5.41, 5.74) is 8.21. The van der Waals surface area contributed by atoms with Gasteiger partial charge in [-0.05, 0) is 49.2 Å². The molecular weight excluding hydrogens is 408 g/mol. The van der Waals surface area contributed by atoms with Crippen molar-refractivity contribution in [2.45, 2.75) is 18.9 Å². The van der Waals surface area contributed by atoms with Gasteiger partial charge in [0.15, 0.2) is 0 Å². The molecule has 2 heterocycles. The van der Waals surface area contributed by atoms with Crippen LogP contribution in [0.15, 0.2) is 61.1 Å². The zero-order chi connectivity index (χ0) is 22.7. The van der Waals surface area contributed by atoms with Crippen molar-refractivity contribution in [3.8, 4) is 17.0 Å². The molecule has 0 unspecified atom stereocenters. The maximum atomic E-state index is 13.0. The predicted octanol–water partition coefficient (Wildman–Crippen LogP) is 3.32. The lowest BCUT2D eigenvalue weighted by atomic mass is 10.0. The molecule has 1 aliphatic rings. The van der Waals surface area contributed by atoms with Crippen LogP contribution in [0.2, 0.25) is 0 Å². The number of nitrogens with two attached hydrogens (primary N) is 1. The van der Waals surface area contributed by atoms with E-state index in [1.54, 1.807) is 41.4 Å². The highest BCUT2D eigenvalue weighted by Crippen LogP contribution is 2.25. The number of anilines is 2. The zero-order valence-corrected chi connectivity index (χ0v) is 17.8. The topological polar surface area (TPSA) is 117 Å². The van der Waals surface area contributed by atoms with Gasteiger partial charge in [-0.1, -0.05) is 12.1 Å². The van der Waals surface area contributed by atoms with Crippen LogP contribution in [0, 0.1) is 0 Å². The molecule has 4 rings (SSSR count). The van der Waals surface area contributed by atoms with E-state index in [1.165, 1.54) is 10.9 Å². The minimum atomic E-state index is -0.638. The molecule has 0 radical (unpaired) electrons. The molecule has 0 saturated carbocycles. The molecule has 0 atom stereocenters. The van der Waals surface area contributed by atoms with Crippen molar-refractivity contribution < 1.29 is 14.7 Å². The van der Waals surface area contributed by atoms with Gasteiger partial charge in [0.25, 0.3) is 0 Å². The number of piperidine rings is 1. The van der Waals surface area contributed by atoms with Crippen molar-refractivity contribution in [2.24, 2.45) is 5.73 Å². The maximum Gasteiger partial charge on any atom is 0.329 e. The second-order valence-electron chi connectivity index (χ2n) is 7.86. The standard InChI is InChI=1S/C23H26N6O3/c1-27(18-9-11-28(12-10-18)19-5-7-20(30)8-6-19)23(32)29-14-21(25-15-29)16-3-2-4-17(13-16)26-22(24)31/h2-8,13-15,18,30H,9-12H2,1H3,(H3,24,26,31). The Kier molecular flexibility index (Phi) is 5.98. The highest BCUT2D eigenvalue weighted by Gasteiger charge is 2.26. The Labute approximate surface area is 186 Å². The first-order chi connectivity index (χ1) is 15.4. The van der Waals surface area contributed by atoms with E-state index in [4.69, 9.17) is 5.73 Å². The molecule has 0 spiro atoms. The van der Waals surface area contributed by atoms with E-state index in [-0.39, 0.29) is 17.8 Å². The Morgan fingerprint density at radius 1 is 1.16 bits per heavy atom. The second kappa shape index (κ2) is 9.01. The monoisotopic (exact) mass is 434 g/mol. The first kappa shape index (κ1) is 21.2. The van der Waals surface area contributed by atoms with Gasteiger partial charge in [-0.25, -0.2) is 14.6 Å². The van der Waals surface area contributed by atoms with Gasteiger partial charge in [-0.15, -0.1) is 0 Å². The Hall–Kier alpha value is -4.01. The lowest BCUT2D eigenvalue weighted by molar-refractivity contribution is 0.181. The number of imidazole rings is 1. The number of amides is 3.